The van der Waals surface area contributed by atoms with E-state index in [-0.39, 0.29) is 239 Å². The van der Waals surface area contributed by atoms with Gasteiger partial charge >= 0.3 is 0 Å². The number of unbranched alkanes of at least 4 members (excludes halogenated alkanes) is 7. The highest BCUT2D eigenvalue weighted by Crippen LogP contribution is 2.29. The van der Waals surface area contributed by atoms with Crippen molar-refractivity contribution in [2.75, 3.05) is 191 Å². The summed E-state index contributed by atoms with van der Waals surface area (Å²) in [5.41, 5.74) is -1.50. The van der Waals surface area contributed by atoms with Crippen molar-refractivity contribution in [3.8, 4) is 0 Å². The first-order chi connectivity index (χ1) is 52.3. The van der Waals surface area contributed by atoms with E-state index in [2.05, 4.69) is 16.0 Å². The highest BCUT2D eigenvalue weighted by molar-refractivity contribution is 5.79. The number of hydrogen-bond donors (Lipinski definition) is 16. The summed E-state index contributed by atoms with van der Waals surface area (Å²) < 4.78 is 89.7. The molecule has 0 aromatic rings. The van der Waals surface area contributed by atoms with Gasteiger partial charge in [-0.05, 0) is 40.0 Å². The highest BCUT2D eigenvalue weighted by atomic mass is 16.7. The van der Waals surface area contributed by atoms with Crippen LogP contribution in [0.4, 0.5) is 0 Å². The lowest BCUT2D eigenvalue weighted by Gasteiger charge is -2.39. The van der Waals surface area contributed by atoms with Crippen LogP contribution >= 0.6 is 0 Å². The number of ketones is 1. The molecule has 4 aliphatic rings. The Bertz CT molecular complexity index is 2230. The molecule has 0 saturated carbocycles. The lowest BCUT2D eigenvalue weighted by atomic mass is 9.84. The number of carbonyl (C=O) groups is 5. The summed E-state index contributed by atoms with van der Waals surface area (Å²) in [6.45, 7) is 6.18. The van der Waals surface area contributed by atoms with Gasteiger partial charge in [0.15, 0.2) is 18.9 Å². The summed E-state index contributed by atoms with van der Waals surface area (Å²) in [5, 5.41) is 137. The molecule has 4 fully saturated rings. The first-order valence-corrected chi connectivity index (χ1v) is 38.2. The first-order valence-electron chi connectivity index (χ1n) is 38.2. The number of ether oxygens (including phenoxy) is 16. The monoisotopic (exact) mass is 1600 g/mol. The van der Waals surface area contributed by atoms with E-state index in [1.165, 1.54) is 0 Å². The van der Waals surface area contributed by atoms with E-state index in [9.17, 15) is 90.4 Å². The largest absolute Gasteiger partial charge is 0.394 e. The molecule has 6 unspecified atom stereocenters. The fourth-order valence-corrected chi connectivity index (χ4v) is 12.0. The normalized spacial score (nSPS) is 27.0. The molecular weight excluding hydrogens is 1460 g/mol. The third-order valence-corrected chi connectivity index (χ3v) is 18.1. The number of aliphatic hydroxyl groups excluding tert-OH is 13. The molecular formula is C72H134N4O34. The maximum Gasteiger partial charge on any atom is 0.222 e. The Balaban J connectivity index is 0.0000314. The molecule has 4 aliphatic heterocycles. The Morgan fingerprint density at radius 3 is 1.05 bits per heavy atom. The van der Waals surface area contributed by atoms with Crippen LogP contribution in [-0.2, 0) is 99.8 Å². The molecule has 4 heterocycles. The van der Waals surface area contributed by atoms with Crippen LogP contribution in [0.15, 0.2) is 0 Å². The number of hydrogen-bond acceptors (Lipinski definition) is 34. The summed E-state index contributed by atoms with van der Waals surface area (Å²) in [5.74, 6) is -1.13. The molecule has 4 rings (SSSR count). The molecule has 4 amide bonds. The van der Waals surface area contributed by atoms with E-state index >= 15 is 0 Å². The van der Waals surface area contributed by atoms with Crippen LogP contribution in [0, 0.1) is 5.41 Å². The van der Waals surface area contributed by atoms with Crippen molar-refractivity contribution in [1.29, 1.82) is 0 Å². The van der Waals surface area contributed by atoms with E-state index in [0.717, 1.165) is 44.9 Å². The second-order valence-electron chi connectivity index (χ2n) is 28.4. The van der Waals surface area contributed by atoms with Crippen molar-refractivity contribution in [3.63, 3.8) is 0 Å². The molecule has 0 aromatic carbocycles. The summed E-state index contributed by atoms with van der Waals surface area (Å²) in [6, 6.07) is -0.146. The second-order valence-corrected chi connectivity index (χ2v) is 28.4. The lowest BCUT2D eigenvalue weighted by Crippen LogP contribution is -2.59. The number of amides is 4. The number of nitrogens with zero attached hydrogens (tertiary/aromatic N) is 1. The minimum atomic E-state index is -1.57. The van der Waals surface area contributed by atoms with Gasteiger partial charge in [-0.2, -0.15) is 0 Å². The van der Waals surface area contributed by atoms with Crippen molar-refractivity contribution >= 4 is 29.4 Å². The van der Waals surface area contributed by atoms with Crippen LogP contribution < -0.4 is 16.0 Å². The zero-order valence-corrected chi connectivity index (χ0v) is 63.8. The summed E-state index contributed by atoms with van der Waals surface area (Å²) in [7, 11) is 0. The van der Waals surface area contributed by atoms with Crippen LogP contribution in [0.5, 0.6) is 0 Å². The Kier molecular flexibility index (Phi) is 53.3. The lowest BCUT2D eigenvalue weighted by molar-refractivity contribution is -0.302. The van der Waals surface area contributed by atoms with E-state index < -0.39 is 123 Å². The fraction of sp³-hybridized carbons (Fsp3) is 0.931. The number of aliphatic hydroxyl groups is 13. The van der Waals surface area contributed by atoms with Crippen molar-refractivity contribution in [2.45, 2.75) is 234 Å². The summed E-state index contributed by atoms with van der Waals surface area (Å²) in [6.07, 6.45) is -14.0. The van der Waals surface area contributed by atoms with E-state index in [0.29, 0.717) is 32.4 Å². The van der Waals surface area contributed by atoms with E-state index in [4.69, 9.17) is 75.8 Å². The van der Waals surface area contributed by atoms with Gasteiger partial charge in [0, 0.05) is 70.1 Å². The first kappa shape index (κ1) is 101. The Morgan fingerprint density at radius 2 is 0.709 bits per heavy atom. The number of β-amino-alcohol motifs (C(OH)–C–C–N with tert-alkyl or cyclic N) is 1. The molecule has 38 nitrogen and oxygen atoms in total. The maximum atomic E-state index is 14.1. The van der Waals surface area contributed by atoms with Gasteiger partial charge in [0.25, 0.3) is 0 Å². The Hall–Kier alpha value is -3.61. The highest BCUT2D eigenvalue weighted by Gasteiger charge is 2.47. The third kappa shape index (κ3) is 40.8. The van der Waals surface area contributed by atoms with Crippen molar-refractivity contribution in [3.05, 3.63) is 0 Å². The molecule has 16 N–H and O–H groups in total. The molecule has 0 aromatic heterocycles. The molecule has 646 valence electrons. The minimum Gasteiger partial charge on any atom is -0.394 e. The fourth-order valence-electron chi connectivity index (χ4n) is 12.0. The number of Topliss-reactive ketones (excluding diaryl/α,β-unsaturated/α-hetero) is 1. The van der Waals surface area contributed by atoms with E-state index in [1.54, 1.807) is 4.90 Å². The molecule has 0 aliphatic carbocycles. The molecule has 38 heteroatoms. The van der Waals surface area contributed by atoms with Crippen LogP contribution in [0.3, 0.4) is 0 Å². The number of likely N-dealkylation sites (tertiary alicyclic amines) is 1. The average Bonchev–Trinajstić information content (AvgIpc) is 1.17. The predicted molar refractivity (Wildman–Crippen MR) is 386 cm³/mol. The molecule has 0 spiro atoms. The summed E-state index contributed by atoms with van der Waals surface area (Å²) >= 11 is 0. The Morgan fingerprint density at radius 1 is 0.391 bits per heavy atom. The van der Waals surface area contributed by atoms with Gasteiger partial charge in [-0.1, -0.05) is 46.0 Å². The summed E-state index contributed by atoms with van der Waals surface area (Å²) in [4.78, 5) is 67.9. The number of rotatable bonds is 63. The van der Waals surface area contributed by atoms with Gasteiger partial charge < -0.3 is 163 Å². The predicted octanol–water partition coefficient (Wildman–Crippen LogP) is -4.64. The van der Waals surface area contributed by atoms with Crippen molar-refractivity contribution < 1.29 is 166 Å². The van der Waals surface area contributed by atoms with Gasteiger partial charge in [-0.25, -0.2) is 0 Å². The molecule has 0 radical (unpaired) electrons. The number of nitrogens with one attached hydrogen (secondary N) is 3. The van der Waals surface area contributed by atoms with Crippen LogP contribution in [-0.4, -0.2) is 402 Å². The third-order valence-electron chi connectivity index (χ3n) is 18.1. The quantitative estimate of drug-likeness (QED) is 0.0255. The van der Waals surface area contributed by atoms with Crippen molar-refractivity contribution in [1.82, 2.24) is 20.9 Å². The average molecular weight is 1600 g/mol. The molecule has 0 bridgehead atoms. The zero-order valence-electron chi connectivity index (χ0n) is 63.8. The second kappa shape index (κ2) is 58.3. The minimum absolute atomic E-state index is 0. The van der Waals surface area contributed by atoms with Gasteiger partial charge in [0.05, 0.1) is 183 Å². The molecule has 110 heavy (non-hydrogen) atoms. The van der Waals surface area contributed by atoms with Gasteiger partial charge in [0.1, 0.15) is 79.0 Å². The zero-order chi connectivity index (χ0) is 79.8. The maximum absolute atomic E-state index is 14.1. The van der Waals surface area contributed by atoms with Crippen molar-refractivity contribution in [2.24, 2.45) is 5.41 Å². The topological polar surface area (TPSA) is 535 Å². The van der Waals surface area contributed by atoms with Crippen LogP contribution in [0.25, 0.3) is 0 Å². The van der Waals surface area contributed by atoms with Crippen LogP contribution in [0.1, 0.15) is 125 Å². The van der Waals surface area contributed by atoms with Gasteiger partial charge in [-0.3, -0.25) is 24.0 Å². The Labute approximate surface area is 645 Å². The smallest absolute Gasteiger partial charge is 0.222 e. The SMILES string of the molecule is C.CC(C)(C)OC[C@@H]1C[C@@H](O)CN1C(=O)CCCCCCCCCCC(=O)CC(COCCC(=O)NCCOCCOCCO[C@H]1OC(CO)[C@@H](O)[C@H](O)C1O)(COCCC(=O)NCCOCCOCCO[C@H]1OC(CO)[C@@H](O)[C@H](O)C1O)COCCC(=O)NCCOCCOCCO[C@H]1OC(CO)[C@@H](O)[C@H](O)C1O. The van der Waals surface area contributed by atoms with Crippen LogP contribution in [0.2, 0.25) is 0 Å². The van der Waals surface area contributed by atoms with Gasteiger partial charge in [-0.15, -0.1) is 0 Å². The molecule has 4 saturated heterocycles. The van der Waals surface area contributed by atoms with Gasteiger partial charge in [0.2, 0.25) is 23.6 Å². The van der Waals surface area contributed by atoms with E-state index in [1.807, 2.05) is 20.8 Å². The number of carbonyl (C=O) groups excluding carboxylic acids is 5. The molecule has 17 atom stereocenters. The standard InChI is InChI=1S/C71H130N4O34.CH4/c1-70(2,3)106-44-48-38-50(80)40-75(48)57(84)13-11-9-7-5-4-6-8-10-12-49(79)39-71(45-100-20-14-54(81)72-17-23-94-26-29-97-32-35-103-67-64(91)61(88)58(85)51(41-76)107-67,46-101-21-15-55(82)73-18-24-95-27-30-98-33-36-104-68-65(92)62(89)59(86)52(42-77)108-68)47-102-22-16-56(83)74-19-25-96-28-31-99-34-37-105-69-66(93)63(90)60(87)53(43-78)109-69;/h48,50-53,58-69,76-78,80,85-93H,4-47H2,1-3H3,(H,72,81)(H,73,82)(H,74,83);1H4/t48-,50+,51?,52?,53?,58+,59+,60+,61-,62-,63-,64?,65?,66?,67-,68-,69-,71?;/m0./s1.